The highest BCUT2D eigenvalue weighted by Crippen LogP contribution is 2.47. The minimum Gasteiger partial charge on any atom is -0.497 e. The van der Waals surface area contributed by atoms with Crippen LogP contribution < -0.4 is 4.74 Å². The quantitative estimate of drug-likeness (QED) is 0.678. The van der Waals surface area contributed by atoms with Gasteiger partial charge in [-0.15, -0.1) is 0 Å². The van der Waals surface area contributed by atoms with Gasteiger partial charge in [-0.3, -0.25) is 0 Å². The van der Waals surface area contributed by atoms with Crippen molar-refractivity contribution in [3.05, 3.63) is 60.2 Å². The van der Waals surface area contributed by atoms with Gasteiger partial charge in [0.05, 0.1) is 12.0 Å². The number of sulfonamides is 1. The fourth-order valence-electron chi connectivity index (χ4n) is 5.27. The fourth-order valence-corrected chi connectivity index (χ4v) is 7.12. The van der Waals surface area contributed by atoms with E-state index < -0.39 is 10.0 Å². The molecule has 1 heterocycles. The Kier molecular flexibility index (Phi) is 5.98. The zero-order valence-electron chi connectivity index (χ0n) is 17.2. The molecule has 0 bridgehead atoms. The molecule has 156 valence electrons. The Morgan fingerprint density at radius 3 is 2.21 bits per heavy atom. The van der Waals surface area contributed by atoms with Crippen LogP contribution in [0.2, 0.25) is 0 Å². The van der Waals surface area contributed by atoms with Crippen LogP contribution in [-0.2, 0) is 10.0 Å². The Balaban J connectivity index is 1.69. The van der Waals surface area contributed by atoms with E-state index in [9.17, 15) is 8.42 Å². The van der Waals surface area contributed by atoms with E-state index in [0.29, 0.717) is 23.1 Å². The molecule has 1 spiro atoms. The summed E-state index contributed by atoms with van der Waals surface area (Å²) >= 11 is 0. The molecule has 0 aromatic heterocycles. The van der Waals surface area contributed by atoms with Crippen molar-refractivity contribution < 1.29 is 13.2 Å². The van der Waals surface area contributed by atoms with E-state index in [2.05, 4.69) is 24.3 Å². The summed E-state index contributed by atoms with van der Waals surface area (Å²) in [6, 6.07) is 17.5. The number of nitrogens with zero attached hydrogens (tertiary/aromatic N) is 1. The van der Waals surface area contributed by atoms with E-state index in [0.717, 1.165) is 38.5 Å². The first kappa shape index (κ1) is 20.4. The number of benzene rings is 2. The molecule has 4 rings (SSSR count). The number of rotatable bonds is 4. The van der Waals surface area contributed by atoms with Gasteiger partial charge in [-0.1, -0.05) is 56.0 Å². The Hall–Kier alpha value is -1.85. The largest absolute Gasteiger partial charge is 0.497 e. The zero-order valence-corrected chi connectivity index (χ0v) is 18.0. The summed E-state index contributed by atoms with van der Waals surface area (Å²) < 4.78 is 34.5. The first-order chi connectivity index (χ1) is 14.0. The molecule has 2 fully saturated rings. The van der Waals surface area contributed by atoms with Crippen molar-refractivity contribution in [2.75, 3.05) is 13.7 Å². The van der Waals surface area contributed by atoms with Crippen LogP contribution in [-0.4, -0.2) is 31.9 Å². The maximum atomic E-state index is 13.7. The number of hydrogen-bond donors (Lipinski definition) is 0. The lowest BCUT2D eigenvalue weighted by molar-refractivity contribution is 0.0986. The van der Waals surface area contributed by atoms with Crippen LogP contribution in [0.25, 0.3) is 0 Å². The standard InChI is InChI=1S/C24H31NO3S/c1-28-22-11-13-23(14-12-22)29(26,27)25-18-15-21(20-9-5-4-6-10-20)19-24(25)16-7-2-3-8-17-24/h4-6,9-14,21H,2-3,7-8,15-19H2,1H3. The third kappa shape index (κ3) is 4.08. The monoisotopic (exact) mass is 413 g/mol. The van der Waals surface area contributed by atoms with Gasteiger partial charge in [0.25, 0.3) is 0 Å². The van der Waals surface area contributed by atoms with E-state index in [1.54, 1.807) is 31.4 Å². The van der Waals surface area contributed by atoms with Crippen LogP contribution in [0.5, 0.6) is 5.75 Å². The van der Waals surface area contributed by atoms with Crippen LogP contribution in [0.4, 0.5) is 0 Å². The second-order valence-electron chi connectivity index (χ2n) is 8.49. The molecule has 5 heteroatoms. The Morgan fingerprint density at radius 2 is 1.59 bits per heavy atom. The fraction of sp³-hybridized carbons (Fsp3) is 0.500. The molecule has 29 heavy (non-hydrogen) atoms. The molecule has 1 saturated carbocycles. The van der Waals surface area contributed by atoms with Crippen LogP contribution in [0.1, 0.15) is 62.8 Å². The summed E-state index contributed by atoms with van der Waals surface area (Å²) in [5.74, 6) is 1.10. The molecule has 0 amide bonds. The SMILES string of the molecule is COc1ccc(S(=O)(=O)N2CCC(c3ccccc3)CC23CCCCCC3)cc1. The van der Waals surface area contributed by atoms with Crippen molar-refractivity contribution in [3.8, 4) is 5.75 Å². The smallest absolute Gasteiger partial charge is 0.243 e. The molecule has 4 nitrogen and oxygen atoms in total. The lowest BCUT2D eigenvalue weighted by atomic mass is 9.75. The third-order valence-electron chi connectivity index (χ3n) is 6.79. The summed E-state index contributed by atoms with van der Waals surface area (Å²) in [5.41, 5.74) is 1.08. The molecule has 2 aromatic rings. The van der Waals surface area contributed by atoms with E-state index in [1.807, 2.05) is 10.4 Å². The number of hydrogen-bond acceptors (Lipinski definition) is 3. The summed E-state index contributed by atoms with van der Waals surface area (Å²) in [6.45, 7) is 0.591. The Labute approximate surface area is 174 Å². The Morgan fingerprint density at radius 1 is 0.931 bits per heavy atom. The minimum atomic E-state index is -3.54. The van der Waals surface area contributed by atoms with Crippen molar-refractivity contribution in [2.45, 2.75) is 67.7 Å². The van der Waals surface area contributed by atoms with Gasteiger partial charge in [0, 0.05) is 12.1 Å². The summed E-state index contributed by atoms with van der Waals surface area (Å²) in [5, 5.41) is 0. The average Bonchev–Trinajstić information content (AvgIpc) is 3.00. The van der Waals surface area contributed by atoms with Crippen LogP contribution in [0, 0.1) is 0 Å². The van der Waals surface area contributed by atoms with E-state index in [-0.39, 0.29) is 5.54 Å². The third-order valence-corrected chi connectivity index (χ3v) is 8.81. The van der Waals surface area contributed by atoms with E-state index >= 15 is 0 Å². The lowest BCUT2D eigenvalue weighted by Gasteiger charge is -2.49. The molecule has 0 N–H and O–H groups in total. The van der Waals surface area contributed by atoms with E-state index in [1.165, 1.54) is 18.4 Å². The number of piperidine rings is 1. The molecule has 1 aliphatic heterocycles. The van der Waals surface area contributed by atoms with Crippen molar-refractivity contribution in [1.29, 1.82) is 0 Å². The molecular weight excluding hydrogens is 382 g/mol. The second kappa shape index (κ2) is 8.49. The van der Waals surface area contributed by atoms with Crippen LogP contribution in [0.3, 0.4) is 0 Å². The van der Waals surface area contributed by atoms with Crippen LogP contribution >= 0.6 is 0 Å². The Bertz CT molecular complexity index is 901. The molecule has 1 atom stereocenters. The number of ether oxygens (including phenoxy) is 1. The van der Waals surface area contributed by atoms with Gasteiger partial charge in [0.15, 0.2) is 0 Å². The summed E-state index contributed by atoms with van der Waals surface area (Å²) in [6.07, 6.45) is 8.35. The average molecular weight is 414 g/mol. The minimum absolute atomic E-state index is 0.270. The van der Waals surface area contributed by atoms with E-state index in [4.69, 9.17) is 4.74 Å². The van der Waals surface area contributed by atoms with Crippen molar-refractivity contribution in [1.82, 2.24) is 4.31 Å². The molecule has 1 saturated heterocycles. The highest BCUT2D eigenvalue weighted by Gasteiger charge is 2.48. The topological polar surface area (TPSA) is 46.6 Å². The van der Waals surface area contributed by atoms with Gasteiger partial charge in [-0.2, -0.15) is 4.31 Å². The zero-order chi connectivity index (χ0) is 20.3. The number of methoxy groups -OCH3 is 1. The van der Waals surface area contributed by atoms with Gasteiger partial charge in [0.1, 0.15) is 5.75 Å². The van der Waals surface area contributed by atoms with Gasteiger partial charge < -0.3 is 4.74 Å². The maximum Gasteiger partial charge on any atom is 0.243 e. The van der Waals surface area contributed by atoms with Gasteiger partial charge >= 0.3 is 0 Å². The molecule has 1 unspecified atom stereocenters. The van der Waals surface area contributed by atoms with Gasteiger partial charge in [-0.25, -0.2) is 8.42 Å². The maximum absolute atomic E-state index is 13.7. The lowest BCUT2D eigenvalue weighted by Crippen LogP contribution is -2.55. The first-order valence-corrected chi connectivity index (χ1v) is 12.2. The predicted molar refractivity (Wildman–Crippen MR) is 116 cm³/mol. The highest BCUT2D eigenvalue weighted by molar-refractivity contribution is 7.89. The predicted octanol–water partition coefficient (Wildman–Crippen LogP) is 5.36. The van der Waals surface area contributed by atoms with Gasteiger partial charge in [0.2, 0.25) is 10.0 Å². The normalized spacial score (nSPS) is 22.9. The highest BCUT2D eigenvalue weighted by atomic mass is 32.2. The van der Waals surface area contributed by atoms with Gasteiger partial charge in [-0.05, 0) is 61.4 Å². The summed E-state index contributed by atoms with van der Waals surface area (Å²) in [4.78, 5) is 0.375. The van der Waals surface area contributed by atoms with Crippen molar-refractivity contribution in [2.24, 2.45) is 0 Å². The molecule has 2 aromatic carbocycles. The molecular formula is C24H31NO3S. The second-order valence-corrected chi connectivity index (χ2v) is 10.4. The molecule has 2 aliphatic rings. The molecule has 1 aliphatic carbocycles. The van der Waals surface area contributed by atoms with Crippen LogP contribution in [0.15, 0.2) is 59.5 Å². The molecule has 0 radical (unpaired) electrons. The first-order valence-electron chi connectivity index (χ1n) is 10.8. The van der Waals surface area contributed by atoms with Crippen molar-refractivity contribution >= 4 is 10.0 Å². The summed E-state index contributed by atoms with van der Waals surface area (Å²) in [7, 11) is -1.94. The van der Waals surface area contributed by atoms with Crippen molar-refractivity contribution in [3.63, 3.8) is 0 Å².